The topological polar surface area (TPSA) is 70.6 Å². The van der Waals surface area contributed by atoms with Crippen LogP contribution in [-0.4, -0.2) is 67.7 Å². The number of anilines is 1. The molecule has 1 aliphatic heterocycles. The number of thiophene rings is 1. The number of hydrogen-bond acceptors (Lipinski definition) is 7. The van der Waals surface area contributed by atoms with E-state index in [4.69, 9.17) is 14.7 Å². The molecule has 2 aromatic rings. The van der Waals surface area contributed by atoms with Gasteiger partial charge in [-0.1, -0.05) is 0 Å². The van der Waals surface area contributed by atoms with Gasteiger partial charge in [0.2, 0.25) is 5.91 Å². The normalized spacial score (nSPS) is 17.5. The molecule has 8 heteroatoms. The maximum Gasteiger partial charge on any atom is 0.239 e. The molecule has 1 fully saturated rings. The number of carbonyl (C=O) groups excluding carboxylic acids is 1. The number of ether oxygens (including phenoxy) is 1. The number of aryl methyl sites for hydroxylation is 2. The monoisotopic (exact) mass is 375 g/mol. The minimum atomic E-state index is -0.0131. The molecule has 0 saturated carbocycles. The predicted molar refractivity (Wildman–Crippen MR) is 103 cm³/mol. The van der Waals surface area contributed by atoms with E-state index in [0.29, 0.717) is 6.54 Å². The summed E-state index contributed by atoms with van der Waals surface area (Å²) in [7, 11) is 3.60. The lowest BCUT2D eigenvalue weighted by atomic mass is 10.2. The molecule has 1 saturated heterocycles. The molecule has 140 valence electrons. The summed E-state index contributed by atoms with van der Waals surface area (Å²) in [5.41, 5.74) is 1.39. The number of carbonyl (C=O) groups is 1. The van der Waals surface area contributed by atoms with Crippen LogP contribution in [-0.2, 0) is 28.9 Å². The average Bonchev–Trinajstić information content (AvgIpc) is 3.22. The molecule has 2 aliphatic rings. The van der Waals surface area contributed by atoms with E-state index in [1.54, 1.807) is 18.4 Å². The number of fused-ring (bicyclic) bond motifs is 3. The molecule has 0 spiro atoms. The van der Waals surface area contributed by atoms with Gasteiger partial charge in [-0.25, -0.2) is 9.97 Å². The lowest BCUT2D eigenvalue weighted by molar-refractivity contribution is -0.119. The molecule has 1 amide bonds. The van der Waals surface area contributed by atoms with E-state index in [1.807, 2.05) is 11.9 Å². The molecule has 0 radical (unpaired) electrons. The Morgan fingerprint density at radius 1 is 1.31 bits per heavy atom. The fourth-order valence-corrected chi connectivity index (χ4v) is 4.97. The number of aromatic nitrogens is 2. The summed E-state index contributed by atoms with van der Waals surface area (Å²) >= 11 is 1.80. The third kappa shape index (κ3) is 3.41. The Bertz CT molecular complexity index is 816. The van der Waals surface area contributed by atoms with E-state index in [9.17, 15) is 4.79 Å². The molecule has 1 aliphatic carbocycles. The van der Waals surface area contributed by atoms with Crippen molar-refractivity contribution in [1.29, 1.82) is 0 Å². The van der Waals surface area contributed by atoms with Crippen LogP contribution in [0.1, 0.15) is 22.7 Å². The van der Waals surface area contributed by atoms with Crippen molar-refractivity contribution in [2.24, 2.45) is 0 Å². The Morgan fingerprint density at radius 3 is 2.88 bits per heavy atom. The average molecular weight is 375 g/mol. The van der Waals surface area contributed by atoms with Gasteiger partial charge in [-0.05, 0) is 24.8 Å². The molecule has 0 bridgehead atoms. The second kappa shape index (κ2) is 7.46. The first-order chi connectivity index (χ1) is 12.7. The molecule has 1 N–H and O–H groups in total. The summed E-state index contributed by atoms with van der Waals surface area (Å²) in [6.45, 7) is 4.36. The number of hydrogen-bond donors (Lipinski definition) is 1. The van der Waals surface area contributed by atoms with Crippen LogP contribution in [0, 0.1) is 0 Å². The van der Waals surface area contributed by atoms with Gasteiger partial charge in [0, 0.05) is 32.1 Å². The number of rotatable bonds is 5. The summed E-state index contributed by atoms with van der Waals surface area (Å²) in [4.78, 5) is 28.4. The Kier molecular flexibility index (Phi) is 5.06. The molecule has 0 aromatic carbocycles. The van der Waals surface area contributed by atoms with Gasteiger partial charge in [-0.3, -0.25) is 9.69 Å². The highest BCUT2D eigenvalue weighted by Crippen LogP contribution is 2.40. The molecule has 0 atom stereocenters. The number of morpholine rings is 1. The smallest absolute Gasteiger partial charge is 0.239 e. The Hall–Kier alpha value is -1.77. The first kappa shape index (κ1) is 17.6. The molecular weight excluding hydrogens is 350 g/mol. The highest BCUT2D eigenvalue weighted by Gasteiger charge is 2.25. The van der Waals surface area contributed by atoms with Crippen molar-refractivity contribution >= 4 is 33.3 Å². The summed E-state index contributed by atoms with van der Waals surface area (Å²) in [5, 5.41) is 3.85. The van der Waals surface area contributed by atoms with E-state index >= 15 is 0 Å². The molecule has 2 aromatic heterocycles. The summed E-state index contributed by atoms with van der Waals surface area (Å²) < 4.78 is 5.43. The predicted octanol–water partition coefficient (Wildman–Crippen LogP) is 1.19. The standard InChI is InChI=1S/C18H25N5O2S/c1-19-15(24)11-22(2)17-16-12-4-3-5-13(12)26-18(16)21-14(20-17)10-23-6-8-25-9-7-23/h3-11H2,1-2H3,(H,19,24). The lowest BCUT2D eigenvalue weighted by Gasteiger charge is -2.26. The maximum absolute atomic E-state index is 11.9. The third-order valence-corrected chi connectivity index (χ3v) is 6.27. The van der Waals surface area contributed by atoms with Gasteiger partial charge in [0.15, 0.2) is 0 Å². The van der Waals surface area contributed by atoms with Gasteiger partial charge in [-0.15, -0.1) is 11.3 Å². The van der Waals surface area contributed by atoms with Gasteiger partial charge in [0.25, 0.3) is 0 Å². The summed E-state index contributed by atoms with van der Waals surface area (Å²) in [6.07, 6.45) is 3.42. The van der Waals surface area contributed by atoms with E-state index in [0.717, 1.165) is 67.5 Å². The first-order valence-electron chi connectivity index (χ1n) is 9.18. The zero-order valence-corrected chi connectivity index (χ0v) is 16.2. The Morgan fingerprint density at radius 2 is 2.12 bits per heavy atom. The van der Waals surface area contributed by atoms with Crippen LogP contribution < -0.4 is 10.2 Å². The van der Waals surface area contributed by atoms with Crippen LogP contribution in [0.4, 0.5) is 5.82 Å². The fourth-order valence-electron chi connectivity index (χ4n) is 3.70. The van der Waals surface area contributed by atoms with E-state index < -0.39 is 0 Å². The molecule has 3 heterocycles. The zero-order chi connectivity index (χ0) is 18.1. The number of nitrogens with zero attached hydrogens (tertiary/aromatic N) is 4. The van der Waals surface area contributed by atoms with Gasteiger partial charge in [0.05, 0.1) is 31.7 Å². The minimum absolute atomic E-state index is 0.0131. The van der Waals surface area contributed by atoms with E-state index in [2.05, 4.69) is 10.2 Å². The van der Waals surface area contributed by atoms with E-state index in [-0.39, 0.29) is 5.91 Å². The van der Waals surface area contributed by atoms with Crippen molar-refractivity contribution in [3.63, 3.8) is 0 Å². The van der Waals surface area contributed by atoms with Gasteiger partial charge in [-0.2, -0.15) is 0 Å². The summed E-state index contributed by atoms with van der Waals surface area (Å²) in [6, 6.07) is 0. The second-order valence-electron chi connectivity index (χ2n) is 6.92. The molecule has 7 nitrogen and oxygen atoms in total. The number of likely N-dealkylation sites (N-methyl/N-ethyl adjacent to an activating group) is 2. The molecule has 0 unspecified atom stereocenters. The Labute approximate surface area is 157 Å². The van der Waals surface area contributed by atoms with Crippen molar-refractivity contribution < 1.29 is 9.53 Å². The van der Waals surface area contributed by atoms with Crippen molar-refractivity contribution in [3.8, 4) is 0 Å². The molecule has 4 rings (SSSR count). The molecular formula is C18H25N5O2S. The Balaban J connectivity index is 1.71. The lowest BCUT2D eigenvalue weighted by Crippen LogP contribution is -2.36. The second-order valence-corrected chi connectivity index (χ2v) is 8.00. The van der Waals surface area contributed by atoms with Gasteiger partial charge >= 0.3 is 0 Å². The van der Waals surface area contributed by atoms with Crippen molar-refractivity contribution in [3.05, 3.63) is 16.3 Å². The van der Waals surface area contributed by atoms with Crippen molar-refractivity contribution in [2.75, 3.05) is 51.8 Å². The largest absolute Gasteiger partial charge is 0.379 e. The number of amides is 1. The summed E-state index contributed by atoms with van der Waals surface area (Å²) in [5.74, 6) is 1.71. The third-order valence-electron chi connectivity index (χ3n) is 5.08. The van der Waals surface area contributed by atoms with Crippen LogP contribution in [0.15, 0.2) is 0 Å². The minimum Gasteiger partial charge on any atom is -0.379 e. The van der Waals surface area contributed by atoms with Crippen LogP contribution >= 0.6 is 11.3 Å². The van der Waals surface area contributed by atoms with Crippen molar-refractivity contribution in [2.45, 2.75) is 25.8 Å². The SMILES string of the molecule is CNC(=O)CN(C)c1nc(CN2CCOCC2)nc2sc3c(c12)CCC3. The van der Waals surface area contributed by atoms with Crippen LogP contribution in [0.3, 0.4) is 0 Å². The number of nitrogens with one attached hydrogen (secondary N) is 1. The highest BCUT2D eigenvalue weighted by molar-refractivity contribution is 7.19. The fraction of sp³-hybridized carbons (Fsp3) is 0.611. The van der Waals surface area contributed by atoms with Crippen molar-refractivity contribution in [1.82, 2.24) is 20.2 Å². The highest BCUT2D eigenvalue weighted by atomic mass is 32.1. The zero-order valence-electron chi connectivity index (χ0n) is 15.4. The first-order valence-corrected chi connectivity index (χ1v) is 10.0. The molecule has 26 heavy (non-hydrogen) atoms. The van der Waals surface area contributed by atoms with E-state index in [1.165, 1.54) is 16.9 Å². The van der Waals surface area contributed by atoms with Crippen LogP contribution in [0.5, 0.6) is 0 Å². The van der Waals surface area contributed by atoms with Crippen LogP contribution in [0.25, 0.3) is 10.2 Å². The maximum atomic E-state index is 11.9. The van der Waals surface area contributed by atoms with Gasteiger partial charge < -0.3 is 15.0 Å². The van der Waals surface area contributed by atoms with Gasteiger partial charge in [0.1, 0.15) is 16.5 Å². The van der Waals surface area contributed by atoms with Crippen LogP contribution in [0.2, 0.25) is 0 Å². The quantitative estimate of drug-likeness (QED) is 0.847.